The fraction of sp³-hybridized carbons (Fsp3) is 0.429. The Labute approximate surface area is 201 Å². The highest BCUT2D eigenvalue weighted by atomic mass is 16.5. The fourth-order valence-electron chi connectivity index (χ4n) is 5.22. The normalized spacial score (nSPS) is 21.9. The Balaban J connectivity index is 1.29. The van der Waals surface area contributed by atoms with Crippen LogP contribution in [0, 0.1) is 23.7 Å². The van der Waals surface area contributed by atoms with E-state index in [0.717, 1.165) is 54.1 Å². The number of carbonyl (C=O) groups is 1. The average molecular weight is 457 g/mol. The van der Waals surface area contributed by atoms with Crippen molar-refractivity contribution in [2.24, 2.45) is 5.41 Å². The van der Waals surface area contributed by atoms with E-state index in [1.165, 1.54) is 5.56 Å². The smallest absolute Gasteiger partial charge is 0.253 e. The first-order chi connectivity index (χ1) is 16.4. The molecule has 2 saturated heterocycles. The number of benzene rings is 2. The third-order valence-electron chi connectivity index (χ3n) is 7.79. The number of aryl methyl sites for hydroxylation is 1. The number of nitriles is 1. The first-order valence-corrected chi connectivity index (χ1v) is 12.1. The molecule has 6 heteroatoms. The van der Waals surface area contributed by atoms with Gasteiger partial charge in [-0.15, -0.1) is 0 Å². The van der Waals surface area contributed by atoms with Crippen LogP contribution in [0.15, 0.2) is 48.2 Å². The third-order valence-corrected chi connectivity index (χ3v) is 7.79. The van der Waals surface area contributed by atoms with Gasteiger partial charge in [0, 0.05) is 54.5 Å². The number of allylic oxidation sites excluding steroid dienone is 1. The fourth-order valence-corrected chi connectivity index (χ4v) is 5.22. The maximum Gasteiger partial charge on any atom is 0.253 e. The van der Waals surface area contributed by atoms with E-state index in [-0.39, 0.29) is 17.5 Å². The largest absolute Gasteiger partial charge is 0.381 e. The lowest BCUT2D eigenvalue weighted by Gasteiger charge is -2.40. The summed E-state index contributed by atoms with van der Waals surface area (Å²) in [7, 11) is 0. The van der Waals surface area contributed by atoms with Crippen LogP contribution in [0.3, 0.4) is 0 Å². The number of ether oxygens (including phenoxy) is 1. The van der Waals surface area contributed by atoms with E-state index in [0.29, 0.717) is 24.6 Å². The van der Waals surface area contributed by atoms with Crippen molar-refractivity contribution in [1.82, 2.24) is 15.5 Å². The lowest BCUT2D eigenvalue weighted by atomic mass is 9.79. The number of rotatable bonds is 4. The second-order valence-electron chi connectivity index (χ2n) is 10.2. The maximum absolute atomic E-state index is 13.2. The van der Waals surface area contributed by atoms with E-state index in [4.69, 9.17) is 10.00 Å². The summed E-state index contributed by atoms with van der Waals surface area (Å²) in [6.45, 7) is 9.53. The van der Waals surface area contributed by atoms with Gasteiger partial charge in [0.05, 0.1) is 17.3 Å². The van der Waals surface area contributed by atoms with Crippen LogP contribution in [-0.4, -0.2) is 43.3 Å². The van der Waals surface area contributed by atoms with E-state index in [1.807, 2.05) is 47.4 Å². The highest BCUT2D eigenvalue weighted by molar-refractivity contribution is 5.96. The second kappa shape index (κ2) is 8.81. The molecule has 34 heavy (non-hydrogen) atoms. The van der Waals surface area contributed by atoms with Gasteiger partial charge in [-0.3, -0.25) is 4.79 Å². The summed E-state index contributed by atoms with van der Waals surface area (Å²) < 4.78 is 5.58. The van der Waals surface area contributed by atoms with Crippen LogP contribution in [0.25, 0.3) is 5.70 Å². The first-order valence-electron chi connectivity index (χ1n) is 12.1. The lowest BCUT2D eigenvalue weighted by molar-refractivity contribution is 0.00430. The Morgan fingerprint density at radius 3 is 2.47 bits per heavy atom. The Hall–Kier alpha value is -3.30. The molecule has 2 N–H and O–H groups in total. The molecule has 3 heterocycles. The van der Waals surface area contributed by atoms with Crippen molar-refractivity contribution in [2.45, 2.75) is 45.7 Å². The van der Waals surface area contributed by atoms with E-state index in [2.05, 4.69) is 37.5 Å². The minimum Gasteiger partial charge on any atom is -0.381 e. The van der Waals surface area contributed by atoms with Crippen LogP contribution in [-0.2, 0) is 4.74 Å². The van der Waals surface area contributed by atoms with Crippen molar-refractivity contribution < 1.29 is 9.53 Å². The summed E-state index contributed by atoms with van der Waals surface area (Å²) in [5.41, 5.74) is 7.13. The third kappa shape index (κ3) is 4.05. The molecule has 0 saturated carbocycles. The number of carbonyl (C=O) groups excluding carboxylic acids is 1. The van der Waals surface area contributed by atoms with E-state index in [9.17, 15) is 4.79 Å². The summed E-state index contributed by atoms with van der Waals surface area (Å²) in [4.78, 5) is 15.2. The number of hydrogen-bond donors (Lipinski definition) is 2. The predicted molar refractivity (Wildman–Crippen MR) is 132 cm³/mol. The van der Waals surface area contributed by atoms with Crippen LogP contribution in [0.4, 0.5) is 0 Å². The number of nitrogens with one attached hydrogen (secondary N) is 2. The monoisotopic (exact) mass is 456 g/mol. The highest BCUT2D eigenvalue weighted by Crippen LogP contribution is 2.37. The minimum absolute atomic E-state index is 0.0725. The van der Waals surface area contributed by atoms with E-state index >= 15 is 0 Å². The second-order valence-corrected chi connectivity index (χ2v) is 10.2. The zero-order valence-corrected chi connectivity index (χ0v) is 20.1. The molecule has 176 valence electrons. The average Bonchev–Trinajstić information content (AvgIpc) is 3.21. The number of likely N-dealkylation sites (tertiary alicyclic amines) is 1. The van der Waals surface area contributed by atoms with Crippen molar-refractivity contribution >= 4 is 11.6 Å². The molecule has 2 aromatic carbocycles. The van der Waals surface area contributed by atoms with Crippen LogP contribution >= 0.6 is 0 Å². The lowest BCUT2D eigenvalue weighted by Crippen LogP contribution is -2.50. The van der Waals surface area contributed by atoms with Crippen LogP contribution in [0.1, 0.15) is 65.2 Å². The number of hydrogen-bond acceptors (Lipinski definition) is 5. The molecule has 1 unspecified atom stereocenters. The Morgan fingerprint density at radius 2 is 1.79 bits per heavy atom. The SMILES string of the molecule is CC1=C(c2cc(C(=O)N3CC(c4ccc(C#N)cc4)C3)ccc2C)NC(C2(C)CCOCC2)N1. The van der Waals surface area contributed by atoms with E-state index < -0.39 is 0 Å². The van der Waals surface area contributed by atoms with Crippen molar-refractivity contribution in [3.05, 3.63) is 76.0 Å². The van der Waals surface area contributed by atoms with E-state index in [1.54, 1.807) is 0 Å². The molecule has 3 aliphatic heterocycles. The van der Waals surface area contributed by atoms with Gasteiger partial charge in [-0.1, -0.05) is 25.1 Å². The first kappa shape index (κ1) is 22.5. The number of amides is 1. The standard InChI is InChI=1S/C28H32N4O2/c1-18-4-7-22(26(33)32-16-23(17-32)21-8-5-20(15-29)6-9-21)14-24(18)25-19(2)30-27(31-25)28(3)10-12-34-13-11-28/h4-9,14,23,27,30-31H,10-13,16-17H2,1-3H3. The van der Waals surface area contributed by atoms with Gasteiger partial charge in [-0.2, -0.15) is 5.26 Å². The van der Waals surface area contributed by atoms with Gasteiger partial charge < -0.3 is 20.3 Å². The predicted octanol–water partition coefficient (Wildman–Crippen LogP) is 4.13. The maximum atomic E-state index is 13.2. The minimum atomic E-state index is 0.0725. The molecule has 2 fully saturated rings. The zero-order valence-electron chi connectivity index (χ0n) is 20.1. The molecule has 0 radical (unpaired) electrons. The summed E-state index contributed by atoms with van der Waals surface area (Å²) in [5, 5.41) is 16.4. The van der Waals surface area contributed by atoms with Crippen LogP contribution in [0.2, 0.25) is 0 Å². The van der Waals surface area contributed by atoms with Crippen LogP contribution in [0.5, 0.6) is 0 Å². The van der Waals surface area contributed by atoms with Gasteiger partial charge in [0.1, 0.15) is 6.17 Å². The quantitative estimate of drug-likeness (QED) is 0.723. The van der Waals surface area contributed by atoms with Crippen molar-refractivity contribution in [1.29, 1.82) is 5.26 Å². The Kier molecular flexibility index (Phi) is 5.83. The highest BCUT2D eigenvalue weighted by Gasteiger charge is 2.40. The molecular weight excluding hydrogens is 424 g/mol. The summed E-state index contributed by atoms with van der Waals surface area (Å²) in [5.74, 6) is 0.400. The van der Waals surface area contributed by atoms with Crippen molar-refractivity contribution in [2.75, 3.05) is 26.3 Å². The van der Waals surface area contributed by atoms with Gasteiger partial charge in [-0.25, -0.2) is 0 Å². The summed E-state index contributed by atoms with van der Waals surface area (Å²) in [6.07, 6.45) is 2.20. The molecule has 0 spiro atoms. The molecule has 1 amide bonds. The topological polar surface area (TPSA) is 77.4 Å². The number of nitrogens with zero attached hydrogens (tertiary/aromatic N) is 2. The molecule has 3 aliphatic rings. The van der Waals surface area contributed by atoms with Crippen LogP contribution < -0.4 is 10.6 Å². The van der Waals surface area contributed by atoms with Crippen molar-refractivity contribution in [3.8, 4) is 6.07 Å². The summed E-state index contributed by atoms with van der Waals surface area (Å²) >= 11 is 0. The molecular formula is C28H32N4O2. The molecule has 6 nitrogen and oxygen atoms in total. The molecule has 2 aromatic rings. The zero-order chi connectivity index (χ0) is 23.9. The van der Waals surface area contributed by atoms with Gasteiger partial charge in [0.2, 0.25) is 0 Å². The molecule has 0 bridgehead atoms. The summed E-state index contributed by atoms with van der Waals surface area (Å²) in [6, 6.07) is 15.9. The Morgan fingerprint density at radius 1 is 1.09 bits per heavy atom. The van der Waals surface area contributed by atoms with Gasteiger partial charge >= 0.3 is 0 Å². The van der Waals surface area contributed by atoms with Gasteiger partial charge in [-0.05, 0) is 62.1 Å². The molecule has 0 aromatic heterocycles. The van der Waals surface area contributed by atoms with Gasteiger partial charge in [0.15, 0.2) is 0 Å². The van der Waals surface area contributed by atoms with Gasteiger partial charge in [0.25, 0.3) is 5.91 Å². The van der Waals surface area contributed by atoms with Crippen molar-refractivity contribution in [3.63, 3.8) is 0 Å². The molecule has 0 aliphatic carbocycles. The molecule has 5 rings (SSSR count). The molecule has 1 atom stereocenters. The Bertz CT molecular complexity index is 1170.